The Morgan fingerprint density at radius 3 is 2.61 bits per heavy atom. The summed E-state index contributed by atoms with van der Waals surface area (Å²) in [6.45, 7) is 0.00137. The van der Waals surface area contributed by atoms with Gasteiger partial charge in [-0.25, -0.2) is 10.3 Å². The van der Waals surface area contributed by atoms with Crippen LogP contribution in [0.25, 0.3) is 0 Å². The largest absolute Gasteiger partial charge is 0.479 e. The van der Waals surface area contributed by atoms with Crippen molar-refractivity contribution in [3.8, 4) is 0 Å². The van der Waals surface area contributed by atoms with Crippen molar-refractivity contribution in [2.75, 3.05) is 13.2 Å². The van der Waals surface area contributed by atoms with Gasteiger partial charge in [0.1, 0.15) is 6.04 Å². The Morgan fingerprint density at radius 2 is 2.00 bits per heavy atom. The van der Waals surface area contributed by atoms with Crippen molar-refractivity contribution in [2.45, 2.75) is 31.7 Å². The highest BCUT2D eigenvalue weighted by atomic mass is 16.7. The Morgan fingerprint density at radius 1 is 1.28 bits per heavy atom. The smallest absolute Gasteiger partial charge is 0.332 e. The zero-order valence-electron chi connectivity index (χ0n) is 9.92. The van der Waals surface area contributed by atoms with Gasteiger partial charge in [0.2, 0.25) is 5.91 Å². The molecule has 0 aromatic carbocycles. The highest BCUT2D eigenvalue weighted by Crippen LogP contribution is 2.33. The van der Waals surface area contributed by atoms with Gasteiger partial charge in [-0.05, 0) is 25.7 Å². The maximum Gasteiger partial charge on any atom is 0.332 e. The first-order chi connectivity index (χ1) is 8.59. The number of carbonyl (C=O) groups excluding carboxylic acids is 2. The number of carboxylic acid groups (broad SMARTS) is 1. The van der Waals surface area contributed by atoms with Crippen LogP contribution in [0.1, 0.15) is 25.7 Å². The van der Waals surface area contributed by atoms with Gasteiger partial charge in [-0.15, -0.1) is 0 Å². The molecule has 1 atom stereocenters. The maximum atomic E-state index is 11.9. The summed E-state index contributed by atoms with van der Waals surface area (Å²) in [5.74, 6) is -1.49. The van der Waals surface area contributed by atoms with E-state index in [1.807, 2.05) is 0 Å². The molecule has 7 heteroatoms. The second-order valence-corrected chi connectivity index (χ2v) is 4.61. The number of aliphatic carboxylic acids is 1. The zero-order valence-corrected chi connectivity index (χ0v) is 9.92. The van der Waals surface area contributed by atoms with E-state index >= 15 is 0 Å². The number of rotatable bonds is 5. The first-order valence-electron chi connectivity index (χ1n) is 6.03. The van der Waals surface area contributed by atoms with Gasteiger partial charge in [-0.3, -0.25) is 14.4 Å². The second-order valence-electron chi connectivity index (χ2n) is 4.61. The van der Waals surface area contributed by atoms with E-state index in [0.717, 1.165) is 19.3 Å². The zero-order chi connectivity index (χ0) is 13.1. The van der Waals surface area contributed by atoms with Crippen molar-refractivity contribution >= 4 is 17.8 Å². The van der Waals surface area contributed by atoms with Gasteiger partial charge < -0.3 is 10.0 Å². The van der Waals surface area contributed by atoms with Crippen LogP contribution in [0, 0.1) is 5.92 Å². The van der Waals surface area contributed by atoms with Crippen LogP contribution in [0.5, 0.6) is 0 Å². The molecule has 2 aliphatic rings. The summed E-state index contributed by atoms with van der Waals surface area (Å²) in [6, 6.07) is -0.521. The number of nitrogens with zero attached hydrogens (tertiary/aromatic N) is 1. The average Bonchev–Trinajstić information content (AvgIpc) is 3.04. The molecule has 1 saturated carbocycles. The van der Waals surface area contributed by atoms with E-state index in [1.165, 1.54) is 0 Å². The van der Waals surface area contributed by atoms with Crippen LogP contribution in [-0.4, -0.2) is 47.0 Å². The van der Waals surface area contributed by atoms with Gasteiger partial charge in [0.05, 0.1) is 0 Å². The Balaban J connectivity index is 1.84. The monoisotopic (exact) mass is 256 g/mol. The molecule has 2 fully saturated rings. The van der Waals surface area contributed by atoms with Gasteiger partial charge in [-0.1, -0.05) is 0 Å². The number of carbonyl (C=O) groups is 3. The van der Waals surface area contributed by atoms with Crippen LogP contribution in [-0.2, 0) is 19.2 Å². The number of hydroxylamine groups is 1. The average molecular weight is 256 g/mol. The summed E-state index contributed by atoms with van der Waals surface area (Å²) >= 11 is 0. The molecule has 0 radical (unpaired) electrons. The highest BCUT2D eigenvalue weighted by molar-refractivity contribution is 5.89. The van der Waals surface area contributed by atoms with Gasteiger partial charge in [0.15, 0.2) is 6.61 Å². The molecule has 0 spiro atoms. The van der Waals surface area contributed by atoms with E-state index < -0.39 is 24.5 Å². The molecular weight excluding hydrogens is 240 g/mol. The summed E-state index contributed by atoms with van der Waals surface area (Å²) in [5, 5.41) is 8.37. The number of amides is 2. The molecular formula is C11H16N2O5. The molecule has 18 heavy (non-hydrogen) atoms. The molecule has 2 amide bonds. The number of likely N-dealkylation sites (tertiary alicyclic amines) is 1. The third-order valence-electron chi connectivity index (χ3n) is 3.13. The molecule has 2 N–H and O–H groups in total. The van der Waals surface area contributed by atoms with E-state index in [2.05, 4.69) is 10.3 Å². The first kappa shape index (κ1) is 12.8. The van der Waals surface area contributed by atoms with Crippen LogP contribution in [0.3, 0.4) is 0 Å². The molecule has 1 aliphatic carbocycles. The summed E-state index contributed by atoms with van der Waals surface area (Å²) in [4.78, 5) is 40.0. The third kappa shape index (κ3) is 2.98. The number of hydrogen-bond acceptors (Lipinski definition) is 4. The lowest BCUT2D eigenvalue weighted by molar-refractivity contribution is -0.153. The number of nitrogens with one attached hydrogen (secondary N) is 1. The van der Waals surface area contributed by atoms with Crippen molar-refractivity contribution in [3.05, 3.63) is 0 Å². The minimum Gasteiger partial charge on any atom is -0.479 e. The summed E-state index contributed by atoms with van der Waals surface area (Å²) in [7, 11) is 0. The van der Waals surface area contributed by atoms with Crippen molar-refractivity contribution in [1.29, 1.82) is 0 Å². The molecule has 2 rings (SSSR count). The SMILES string of the molecule is O=C(O)CONC(=O)C1CCCN1C(=O)C1CC1. The molecule has 0 aromatic rings. The standard InChI is InChI=1S/C11H16N2O5/c14-9(15)6-18-12-10(16)8-2-1-5-13(8)11(17)7-3-4-7/h7-8H,1-6H2,(H,12,16)(H,14,15). The summed E-state index contributed by atoms with van der Waals surface area (Å²) in [5.41, 5.74) is 2.09. The van der Waals surface area contributed by atoms with Crippen molar-refractivity contribution in [1.82, 2.24) is 10.4 Å². The lowest BCUT2D eigenvalue weighted by Gasteiger charge is -2.23. The molecule has 1 saturated heterocycles. The van der Waals surface area contributed by atoms with Crippen LogP contribution < -0.4 is 5.48 Å². The Hall–Kier alpha value is -1.63. The summed E-state index contributed by atoms with van der Waals surface area (Å²) in [6.07, 6.45) is 3.19. The van der Waals surface area contributed by atoms with Crippen molar-refractivity contribution < 1.29 is 24.3 Å². The van der Waals surface area contributed by atoms with Crippen LogP contribution in [0.15, 0.2) is 0 Å². The quantitative estimate of drug-likeness (QED) is 0.648. The van der Waals surface area contributed by atoms with Crippen molar-refractivity contribution in [3.63, 3.8) is 0 Å². The lowest BCUT2D eigenvalue weighted by atomic mass is 10.2. The first-order valence-corrected chi connectivity index (χ1v) is 6.03. The van der Waals surface area contributed by atoms with Gasteiger partial charge in [0.25, 0.3) is 5.91 Å². The lowest BCUT2D eigenvalue weighted by Crippen LogP contribution is -2.46. The van der Waals surface area contributed by atoms with E-state index in [4.69, 9.17) is 5.11 Å². The molecule has 1 aliphatic heterocycles. The third-order valence-corrected chi connectivity index (χ3v) is 3.13. The molecule has 7 nitrogen and oxygen atoms in total. The maximum absolute atomic E-state index is 11.9. The predicted molar refractivity (Wildman–Crippen MR) is 59.2 cm³/mol. The van der Waals surface area contributed by atoms with Gasteiger partial charge >= 0.3 is 5.97 Å². The van der Waals surface area contributed by atoms with Crippen LogP contribution in [0.2, 0.25) is 0 Å². The number of carboxylic acids is 1. The van der Waals surface area contributed by atoms with E-state index in [0.29, 0.717) is 13.0 Å². The molecule has 1 unspecified atom stereocenters. The molecule has 0 aromatic heterocycles. The van der Waals surface area contributed by atoms with Gasteiger partial charge in [0, 0.05) is 12.5 Å². The van der Waals surface area contributed by atoms with Crippen LogP contribution >= 0.6 is 0 Å². The fraction of sp³-hybridized carbons (Fsp3) is 0.727. The Labute approximate surface area is 104 Å². The molecule has 0 bridgehead atoms. The minimum atomic E-state index is -1.16. The topological polar surface area (TPSA) is 95.9 Å². The van der Waals surface area contributed by atoms with Crippen LogP contribution in [0.4, 0.5) is 0 Å². The van der Waals surface area contributed by atoms with E-state index in [1.54, 1.807) is 4.90 Å². The normalized spacial score (nSPS) is 22.9. The molecule has 100 valence electrons. The minimum absolute atomic E-state index is 0.0332. The highest BCUT2D eigenvalue weighted by Gasteiger charge is 2.40. The van der Waals surface area contributed by atoms with Crippen molar-refractivity contribution in [2.24, 2.45) is 5.92 Å². The number of hydrogen-bond donors (Lipinski definition) is 2. The Kier molecular flexibility index (Phi) is 3.81. The molecule has 1 heterocycles. The second kappa shape index (κ2) is 5.34. The van der Waals surface area contributed by atoms with E-state index in [9.17, 15) is 14.4 Å². The fourth-order valence-electron chi connectivity index (χ4n) is 2.10. The Bertz CT molecular complexity index is 366. The summed E-state index contributed by atoms with van der Waals surface area (Å²) < 4.78 is 0. The van der Waals surface area contributed by atoms with E-state index in [-0.39, 0.29) is 11.8 Å². The predicted octanol–water partition coefficient (Wildman–Crippen LogP) is -0.480. The fourth-order valence-corrected chi connectivity index (χ4v) is 2.10. The van der Waals surface area contributed by atoms with Gasteiger partial charge in [-0.2, -0.15) is 0 Å².